The first kappa shape index (κ1) is 53.3. The van der Waals surface area contributed by atoms with Gasteiger partial charge in [0.1, 0.15) is 0 Å². The van der Waals surface area contributed by atoms with Crippen LogP contribution in [0, 0.1) is 0 Å². The summed E-state index contributed by atoms with van der Waals surface area (Å²) in [5.74, 6) is 3.68. The largest absolute Gasteiger partial charge is 0.309 e. The number of aromatic nitrogens is 8. The Kier molecular flexibility index (Phi) is 12.2. The number of fused-ring (bicyclic) bond motifs is 6. The van der Waals surface area contributed by atoms with Crippen LogP contribution in [-0.2, 0) is 0 Å². The van der Waals surface area contributed by atoms with E-state index in [0.717, 1.165) is 67.0 Å². The normalized spacial score (nSPS) is 13.7. The Morgan fingerprint density at radius 2 is 0.457 bits per heavy atom. The lowest BCUT2D eigenvalue weighted by molar-refractivity contribution is 0.754. The highest BCUT2D eigenvalue weighted by Gasteiger charge is 2.42. The second-order valence-electron chi connectivity index (χ2n) is 24.5. The molecule has 0 radical (unpaired) electrons. The molecule has 0 spiro atoms. The zero-order valence-electron chi connectivity index (χ0n) is 50.8. The SMILES string of the molecule is c1ccc(-c2nc(-c3ccc(-c4ccc5c6ccccc6n(-c6ccccc6)c5c4)cc3)nc(-c3ccc4c(c3)C3c5ccccc5C4c4cc(-c5nc(-c6ccccc6)nc(-c6ccc(-c7ccc8c9ccccc9n(-c9ccccc9)c8c7)cc6)n5)ccc43)n2)cc1. The molecule has 0 aliphatic heterocycles. The summed E-state index contributed by atoms with van der Waals surface area (Å²) in [4.78, 5) is 31.5. The highest BCUT2D eigenvalue weighted by atomic mass is 15.0. The van der Waals surface area contributed by atoms with Gasteiger partial charge in [0, 0.05) is 78.1 Å². The first-order valence-electron chi connectivity index (χ1n) is 32.0. The average Bonchev–Trinajstić information content (AvgIpc) is 0.972. The van der Waals surface area contributed by atoms with Crippen LogP contribution in [0.15, 0.2) is 315 Å². The zero-order chi connectivity index (χ0) is 61.8. The monoisotopic (exact) mass is 1200 g/mol. The summed E-state index contributed by atoms with van der Waals surface area (Å²) in [6.45, 7) is 0. The maximum Gasteiger partial charge on any atom is 0.164 e. The Labute approximate surface area is 542 Å². The van der Waals surface area contributed by atoms with E-state index < -0.39 is 0 Å². The summed E-state index contributed by atoms with van der Waals surface area (Å²) in [6, 6.07) is 113. The molecule has 8 nitrogen and oxygen atoms in total. The fourth-order valence-electron chi connectivity index (χ4n) is 14.8. The minimum absolute atomic E-state index is 0.0227. The van der Waals surface area contributed by atoms with Crippen LogP contribution in [0.2, 0.25) is 0 Å². The van der Waals surface area contributed by atoms with E-state index >= 15 is 0 Å². The van der Waals surface area contributed by atoms with Gasteiger partial charge in [-0.2, -0.15) is 0 Å². The Balaban J connectivity index is 0.669. The molecular formula is C86H54N8. The molecule has 20 rings (SSSR count). The van der Waals surface area contributed by atoms with E-state index in [4.69, 9.17) is 29.9 Å². The Bertz CT molecular complexity index is 5480. The van der Waals surface area contributed by atoms with Crippen LogP contribution in [0.25, 0.3) is 146 Å². The highest BCUT2D eigenvalue weighted by molar-refractivity contribution is 6.11. The Hall–Kier alpha value is -12.5. The van der Waals surface area contributed by atoms with Gasteiger partial charge in [0.2, 0.25) is 0 Å². The van der Waals surface area contributed by atoms with Gasteiger partial charge in [-0.25, -0.2) is 29.9 Å². The first-order chi connectivity index (χ1) is 46.6. The third-order valence-corrected chi connectivity index (χ3v) is 19.2. The molecular weight excluding hydrogens is 1150 g/mol. The summed E-state index contributed by atoms with van der Waals surface area (Å²) in [6.07, 6.45) is 0. The van der Waals surface area contributed by atoms with Gasteiger partial charge in [-0.3, -0.25) is 0 Å². The molecule has 17 aromatic rings. The van der Waals surface area contributed by atoms with E-state index in [1.807, 2.05) is 36.4 Å². The first-order valence-corrected chi connectivity index (χ1v) is 32.0. The number of hydrogen-bond donors (Lipinski definition) is 0. The molecule has 438 valence electrons. The second-order valence-corrected chi connectivity index (χ2v) is 24.5. The summed E-state index contributed by atoms with van der Waals surface area (Å²) in [5.41, 5.74) is 24.7. The maximum absolute atomic E-state index is 5.32. The molecule has 3 aliphatic rings. The summed E-state index contributed by atoms with van der Waals surface area (Å²) in [7, 11) is 0. The van der Waals surface area contributed by atoms with Gasteiger partial charge >= 0.3 is 0 Å². The summed E-state index contributed by atoms with van der Waals surface area (Å²) >= 11 is 0. The number of hydrogen-bond acceptors (Lipinski definition) is 6. The molecule has 2 unspecified atom stereocenters. The molecule has 4 heterocycles. The zero-order valence-corrected chi connectivity index (χ0v) is 50.8. The van der Waals surface area contributed by atoms with Crippen LogP contribution in [0.1, 0.15) is 45.2 Å². The fourth-order valence-corrected chi connectivity index (χ4v) is 14.8. The van der Waals surface area contributed by atoms with Crippen molar-refractivity contribution in [3.05, 3.63) is 349 Å². The van der Waals surface area contributed by atoms with Gasteiger partial charge in [0.15, 0.2) is 34.9 Å². The van der Waals surface area contributed by atoms with Crippen molar-refractivity contribution in [2.24, 2.45) is 0 Å². The third-order valence-electron chi connectivity index (χ3n) is 19.2. The molecule has 4 aromatic heterocycles. The van der Waals surface area contributed by atoms with E-state index in [9.17, 15) is 0 Å². The maximum atomic E-state index is 5.32. The van der Waals surface area contributed by atoms with Crippen molar-refractivity contribution in [2.75, 3.05) is 0 Å². The quantitative estimate of drug-likeness (QED) is 0.136. The molecule has 8 heteroatoms. The standard InChI is InChI=1S/C86H54N8/c1-5-19-55(20-6-1)81-87-83(57-37-33-53(34-38-57)59-41-45-67-65-27-15-17-31-75(65)93(77(67)51-59)63-23-9-3-10-24-63)91-85(89-81)61-43-47-71-73(49-61)79-69-29-13-14-30-70(69)80(71)74-50-62(44-48-72(74)79)86-90-82(56-21-7-2-8-22-56)88-84(92-86)58-39-35-54(36-40-58)60-42-46-68-66-28-16-18-32-76(66)94(78(68)52-60)64-25-11-4-12-26-64/h1-52,79-80H. The molecule has 0 fully saturated rings. The summed E-state index contributed by atoms with van der Waals surface area (Å²) in [5, 5.41) is 4.91. The van der Waals surface area contributed by atoms with E-state index in [-0.39, 0.29) is 11.8 Å². The highest BCUT2D eigenvalue weighted by Crippen LogP contribution is 2.57. The molecule has 0 saturated heterocycles. The van der Waals surface area contributed by atoms with E-state index in [0.29, 0.717) is 34.9 Å². The number of nitrogens with zero attached hydrogens (tertiary/aromatic N) is 8. The number of benzene rings is 13. The number of para-hydroxylation sites is 4. The van der Waals surface area contributed by atoms with Crippen LogP contribution in [0.4, 0.5) is 0 Å². The van der Waals surface area contributed by atoms with Crippen LogP contribution >= 0.6 is 0 Å². The van der Waals surface area contributed by atoms with Crippen LogP contribution in [-0.4, -0.2) is 39.0 Å². The van der Waals surface area contributed by atoms with Gasteiger partial charge in [-0.05, 0) is 116 Å². The third kappa shape index (κ3) is 8.75. The van der Waals surface area contributed by atoms with Crippen LogP contribution < -0.4 is 0 Å². The van der Waals surface area contributed by atoms with Gasteiger partial charge in [-0.15, -0.1) is 0 Å². The van der Waals surface area contributed by atoms with Crippen molar-refractivity contribution >= 4 is 43.6 Å². The molecule has 0 amide bonds. The van der Waals surface area contributed by atoms with Crippen LogP contribution in [0.3, 0.4) is 0 Å². The molecule has 2 bridgehead atoms. The Morgan fingerprint density at radius 3 is 0.851 bits per heavy atom. The van der Waals surface area contributed by atoms with Gasteiger partial charge in [0.25, 0.3) is 0 Å². The molecule has 3 aliphatic carbocycles. The Morgan fingerprint density at radius 1 is 0.181 bits per heavy atom. The molecule has 2 atom stereocenters. The van der Waals surface area contributed by atoms with Crippen molar-refractivity contribution in [1.29, 1.82) is 0 Å². The smallest absolute Gasteiger partial charge is 0.164 e. The molecule has 13 aromatic carbocycles. The predicted octanol–water partition coefficient (Wildman–Crippen LogP) is 20.6. The van der Waals surface area contributed by atoms with Gasteiger partial charge in [0.05, 0.1) is 22.1 Å². The van der Waals surface area contributed by atoms with E-state index in [2.05, 4.69) is 288 Å². The average molecular weight is 1200 g/mol. The summed E-state index contributed by atoms with van der Waals surface area (Å²) < 4.78 is 4.73. The van der Waals surface area contributed by atoms with Crippen molar-refractivity contribution in [1.82, 2.24) is 39.0 Å². The van der Waals surface area contributed by atoms with Gasteiger partial charge < -0.3 is 9.13 Å². The van der Waals surface area contributed by atoms with Crippen molar-refractivity contribution in [3.8, 4) is 102 Å². The minimum Gasteiger partial charge on any atom is -0.309 e. The van der Waals surface area contributed by atoms with Gasteiger partial charge in [-0.1, -0.05) is 255 Å². The van der Waals surface area contributed by atoms with Crippen molar-refractivity contribution < 1.29 is 0 Å². The second kappa shape index (κ2) is 21.6. The predicted molar refractivity (Wildman–Crippen MR) is 380 cm³/mol. The van der Waals surface area contributed by atoms with Crippen LogP contribution in [0.5, 0.6) is 0 Å². The lowest BCUT2D eigenvalue weighted by Gasteiger charge is -2.42. The number of rotatable bonds is 10. The van der Waals surface area contributed by atoms with E-state index in [1.165, 1.54) is 77.0 Å². The lowest BCUT2D eigenvalue weighted by atomic mass is 9.61. The topological polar surface area (TPSA) is 87.2 Å². The minimum atomic E-state index is -0.0227. The fraction of sp³-hybridized carbons (Fsp3) is 0.0233. The van der Waals surface area contributed by atoms with Crippen molar-refractivity contribution in [3.63, 3.8) is 0 Å². The van der Waals surface area contributed by atoms with E-state index in [1.54, 1.807) is 0 Å². The molecule has 94 heavy (non-hydrogen) atoms. The van der Waals surface area contributed by atoms with Crippen molar-refractivity contribution in [2.45, 2.75) is 11.8 Å². The molecule has 0 N–H and O–H groups in total. The molecule has 0 saturated carbocycles. The lowest BCUT2D eigenvalue weighted by Crippen LogP contribution is -2.27.